The van der Waals surface area contributed by atoms with Gasteiger partial charge in [-0.3, -0.25) is 0 Å². The zero-order valence-corrected chi connectivity index (χ0v) is 14.0. The maximum absolute atomic E-state index is 14.5. The maximum Gasteiger partial charge on any atom is 0.357 e. The first-order valence-electron chi connectivity index (χ1n) is 7.56. The number of nitrogen functional groups attached to an aromatic ring is 1. The summed E-state index contributed by atoms with van der Waals surface area (Å²) in [4.78, 5) is 12.1. The van der Waals surface area contributed by atoms with Crippen molar-refractivity contribution in [2.45, 2.75) is 6.42 Å². The van der Waals surface area contributed by atoms with E-state index in [-0.39, 0.29) is 22.6 Å². The van der Waals surface area contributed by atoms with Crippen molar-refractivity contribution in [3.8, 4) is 11.8 Å². The van der Waals surface area contributed by atoms with E-state index < -0.39 is 11.8 Å². The quantitative estimate of drug-likeness (QED) is 0.589. The second-order valence-corrected chi connectivity index (χ2v) is 5.19. The summed E-state index contributed by atoms with van der Waals surface area (Å²) < 4.78 is 25.5. The first-order chi connectivity index (χ1) is 12.0. The molecular weight excluding hydrogens is 327 g/mol. The molecule has 132 valence electrons. The molecule has 0 unspecified atom stereocenters. The Bertz CT molecular complexity index is 811. The molecule has 0 aliphatic carbocycles. The fourth-order valence-corrected chi connectivity index (χ4v) is 2.43. The Morgan fingerprint density at radius 3 is 2.84 bits per heavy atom. The van der Waals surface area contributed by atoms with Crippen molar-refractivity contribution in [1.29, 1.82) is 5.26 Å². The van der Waals surface area contributed by atoms with Crippen LogP contribution in [-0.2, 0) is 9.47 Å². The van der Waals surface area contributed by atoms with E-state index in [0.29, 0.717) is 25.3 Å². The Hall–Kier alpha value is -3.05. The molecule has 8 heteroatoms. The highest BCUT2D eigenvalue weighted by Gasteiger charge is 2.24. The van der Waals surface area contributed by atoms with Crippen LogP contribution < -0.4 is 11.1 Å². The first-order valence-corrected chi connectivity index (χ1v) is 7.56. The summed E-state index contributed by atoms with van der Waals surface area (Å²) in [6.45, 7) is 1.10. The van der Waals surface area contributed by atoms with Gasteiger partial charge in [0.2, 0.25) is 0 Å². The SMILES string of the molecule is COCCCNc1cccc(F)c1-n1cc(C#N)c(N)c1C(=O)OC. The fourth-order valence-electron chi connectivity index (χ4n) is 2.43. The lowest BCUT2D eigenvalue weighted by atomic mass is 10.2. The maximum atomic E-state index is 14.5. The molecule has 0 aliphatic rings. The van der Waals surface area contributed by atoms with Crippen molar-refractivity contribution in [3.05, 3.63) is 41.5 Å². The van der Waals surface area contributed by atoms with Crippen LogP contribution in [0.2, 0.25) is 0 Å². The molecule has 3 N–H and O–H groups in total. The van der Waals surface area contributed by atoms with E-state index in [1.165, 1.54) is 23.9 Å². The van der Waals surface area contributed by atoms with Gasteiger partial charge in [0, 0.05) is 26.5 Å². The number of ether oxygens (including phenoxy) is 2. The Labute approximate surface area is 144 Å². The molecule has 0 radical (unpaired) electrons. The molecule has 25 heavy (non-hydrogen) atoms. The number of carbonyl (C=O) groups excluding carboxylic acids is 1. The normalized spacial score (nSPS) is 10.3. The minimum atomic E-state index is -0.757. The number of nitriles is 1. The van der Waals surface area contributed by atoms with Crippen LogP contribution in [0.1, 0.15) is 22.5 Å². The third-order valence-electron chi connectivity index (χ3n) is 3.61. The molecule has 1 aromatic heterocycles. The first kappa shape index (κ1) is 18.3. The fraction of sp³-hybridized carbons (Fsp3) is 0.294. The number of benzene rings is 1. The number of anilines is 2. The predicted molar refractivity (Wildman–Crippen MR) is 91.2 cm³/mol. The van der Waals surface area contributed by atoms with Gasteiger partial charge in [0.25, 0.3) is 0 Å². The van der Waals surface area contributed by atoms with Gasteiger partial charge in [-0.05, 0) is 18.6 Å². The standard InChI is InChI=1S/C17H19FN4O3/c1-24-8-4-7-21-13-6-3-5-12(18)15(13)22-10-11(9-19)14(20)16(22)17(23)25-2/h3,5-6,10,21H,4,7-8,20H2,1-2H3. The van der Waals surface area contributed by atoms with Crippen molar-refractivity contribution >= 4 is 17.3 Å². The summed E-state index contributed by atoms with van der Waals surface area (Å²) in [5.41, 5.74) is 6.33. The number of nitrogens with zero attached hydrogens (tertiary/aromatic N) is 2. The highest BCUT2D eigenvalue weighted by molar-refractivity contribution is 5.96. The van der Waals surface area contributed by atoms with Gasteiger partial charge in [0.1, 0.15) is 17.6 Å². The Morgan fingerprint density at radius 2 is 2.20 bits per heavy atom. The van der Waals surface area contributed by atoms with E-state index in [9.17, 15) is 14.4 Å². The van der Waals surface area contributed by atoms with E-state index in [1.54, 1.807) is 19.2 Å². The van der Waals surface area contributed by atoms with E-state index in [4.69, 9.17) is 15.2 Å². The molecular formula is C17H19FN4O3. The largest absolute Gasteiger partial charge is 0.464 e. The molecule has 0 amide bonds. The molecule has 0 saturated heterocycles. The molecule has 0 atom stereocenters. The lowest BCUT2D eigenvalue weighted by Gasteiger charge is -2.15. The van der Waals surface area contributed by atoms with Gasteiger partial charge in [-0.15, -0.1) is 0 Å². The number of methoxy groups -OCH3 is 2. The van der Waals surface area contributed by atoms with Crippen LogP contribution in [0.4, 0.5) is 15.8 Å². The Morgan fingerprint density at radius 1 is 1.44 bits per heavy atom. The van der Waals surface area contributed by atoms with Gasteiger partial charge in [-0.25, -0.2) is 9.18 Å². The third-order valence-corrected chi connectivity index (χ3v) is 3.61. The number of aromatic nitrogens is 1. The topological polar surface area (TPSA) is 102 Å². The van der Waals surface area contributed by atoms with E-state index >= 15 is 0 Å². The number of esters is 1. The summed E-state index contributed by atoms with van der Waals surface area (Å²) >= 11 is 0. The molecule has 0 saturated carbocycles. The molecule has 1 heterocycles. The minimum Gasteiger partial charge on any atom is -0.464 e. The van der Waals surface area contributed by atoms with E-state index in [2.05, 4.69) is 5.32 Å². The summed E-state index contributed by atoms with van der Waals surface area (Å²) in [6.07, 6.45) is 2.04. The average Bonchev–Trinajstić information content (AvgIpc) is 2.94. The van der Waals surface area contributed by atoms with Crippen molar-refractivity contribution in [1.82, 2.24) is 4.57 Å². The molecule has 7 nitrogen and oxygen atoms in total. The minimum absolute atomic E-state index is 0.0528. The number of halogens is 1. The van der Waals surface area contributed by atoms with Crippen LogP contribution >= 0.6 is 0 Å². The second-order valence-electron chi connectivity index (χ2n) is 5.19. The van der Waals surface area contributed by atoms with Gasteiger partial charge >= 0.3 is 5.97 Å². The number of nitrogens with one attached hydrogen (secondary N) is 1. The number of hydrogen-bond acceptors (Lipinski definition) is 6. The van der Waals surface area contributed by atoms with Crippen LogP contribution in [0.5, 0.6) is 0 Å². The van der Waals surface area contributed by atoms with Gasteiger partial charge in [-0.1, -0.05) is 6.07 Å². The lowest BCUT2D eigenvalue weighted by Crippen LogP contribution is -2.14. The molecule has 0 aliphatic heterocycles. The highest BCUT2D eigenvalue weighted by atomic mass is 19.1. The third kappa shape index (κ3) is 3.72. The zero-order valence-electron chi connectivity index (χ0n) is 14.0. The monoisotopic (exact) mass is 346 g/mol. The summed E-state index contributed by atoms with van der Waals surface area (Å²) in [6, 6.07) is 6.38. The van der Waals surface area contributed by atoms with Crippen LogP contribution in [0.3, 0.4) is 0 Å². The van der Waals surface area contributed by atoms with E-state index in [1.807, 2.05) is 6.07 Å². The van der Waals surface area contributed by atoms with Crippen LogP contribution in [0.25, 0.3) is 5.69 Å². The van der Waals surface area contributed by atoms with Gasteiger partial charge in [0.05, 0.1) is 24.0 Å². The molecule has 0 fully saturated rings. The number of hydrogen-bond donors (Lipinski definition) is 2. The Balaban J connectivity index is 2.55. The summed E-state index contributed by atoms with van der Waals surface area (Å²) in [5.74, 6) is -1.33. The van der Waals surface area contributed by atoms with Crippen LogP contribution in [-0.4, -0.2) is 37.9 Å². The molecule has 0 spiro atoms. The van der Waals surface area contributed by atoms with Crippen molar-refractivity contribution in [3.63, 3.8) is 0 Å². The average molecular weight is 346 g/mol. The van der Waals surface area contributed by atoms with Crippen molar-refractivity contribution in [2.24, 2.45) is 0 Å². The van der Waals surface area contributed by atoms with Gasteiger partial charge < -0.3 is 25.1 Å². The highest BCUT2D eigenvalue weighted by Crippen LogP contribution is 2.30. The smallest absolute Gasteiger partial charge is 0.357 e. The van der Waals surface area contributed by atoms with Crippen LogP contribution in [0, 0.1) is 17.1 Å². The lowest BCUT2D eigenvalue weighted by molar-refractivity contribution is 0.0593. The van der Waals surface area contributed by atoms with Gasteiger partial charge in [0.15, 0.2) is 5.69 Å². The summed E-state index contributed by atoms with van der Waals surface area (Å²) in [5, 5.41) is 12.3. The molecule has 2 rings (SSSR count). The predicted octanol–water partition coefficient (Wildman–Crippen LogP) is 2.31. The summed E-state index contributed by atoms with van der Waals surface area (Å²) in [7, 11) is 2.79. The molecule has 2 aromatic rings. The number of carbonyl (C=O) groups is 1. The number of nitrogens with two attached hydrogens (primary N) is 1. The number of rotatable bonds is 7. The molecule has 0 bridgehead atoms. The van der Waals surface area contributed by atoms with Gasteiger partial charge in [-0.2, -0.15) is 5.26 Å². The van der Waals surface area contributed by atoms with Crippen LogP contribution in [0.15, 0.2) is 24.4 Å². The van der Waals surface area contributed by atoms with E-state index in [0.717, 1.165) is 0 Å². The molecule has 1 aromatic carbocycles. The Kier molecular flexibility index (Phi) is 5.98. The second kappa shape index (κ2) is 8.17. The number of para-hydroxylation sites is 1. The van der Waals surface area contributed by atoms with Crippen molar-refractivity contribution < 1.29 is 18.7 Å². The zero-order chi connectivity index (χ0) is 18.4. The van der Waals surface area contributed by atoms with Crippen molar-refractivity contribution in [2.75, 3.05) is 38.4 Å².